The lowest BCUT2D eigenvalue weighted by atomic mass is 9.82. The molecule has 5 aromatic heterocycles. The molecule has 0 saturated carbocycles. The summed E-state index contributed by atoms with van der Waals surface area (Å²) in [5.74, 6) is 0.693. The second-order valence-electron chi connectivity index (χ2n) is 33.1. The predicted octanol–water partition coefficient (Wildman–Crippen LogP) is 28.6. The van der Waals surface area contributed by atoms with Gasteiger partial charge in [-0.05, 0) is 216 Å². The minimum atomic E-state index is -0.105. The van der Waals surface area contributed by atoms with E-state index < -0.39 is 0 Å². The second kappa shape index (κ2) is 23.9. The number of aromatic nitrogens is 6. The molecule has 22 aromatic rings. The smallest absolute Gasteiger partial charge is 0.160 e. The van der Waals surface area contributed by atoms with Crippen molar-refractivity contribution < 1.29 is 0 Å². The maximum absolute atomic E-state index is 5.65. The van der Waals surface area contributed by atoms with E-state index in [1.165, 1.54) is 154 Å². The highest BCUT2D eigenvalue weighted by molar-refractivity contribution is 6.21. The predicted molar refractivity (Wildman–Crippen MR) is 484 cm³/mol. The Balaban J connectivity index is 0.568. The third kappa shape index (κ3) is 9.12. The van der Waals surface area contributed by atoms with Gasteiger partial charge in [0.1, 0.15) is 0 Å². The SMILES string of the molecule is CC1(C)c2ccccc2-c2ccc(-n3c4ccccc4c4cc(-c5ccc6c(c5)c5ccccc5n6-c5cccc(-c6nc(-c7ccccc7)nc7c6-c6ccc(-c8cccc(-n9c%10ccccc%10c%10cc(-c%11ccc%12c(c%11)c%11ccccc%11n%12-c%11ccc%12c(c%11)C(C)(C)c%11ccccc%11-%12)ccc%109)c8)c8cccc-7c68)c5)ccc43)cc21. The maximum atomic E-state index is 5.65. The van der Waals surface area contributed by atoms with Crippen LogP contribution in [0.1, 0.15) is 49.9 Å². The molecule has 6 nitrogen and oxygen atoms in total. The van der Waals surface area contributed by atoms with Crippen LogP contribution in [0.2, 0.25) is 0 Å². The average molecular weight is 1480 g/mol. The molecular weight excluding hydrogens is 1410 g/mol. The van der Waals surface area contributed by atoms with Crippen molar-refractivity contribution in [2.45, 2.75) is 38.5 Å². The van der Waals surface area contributed by atoms with E-state index in [0.29, 0.717) is 5.82 Å². The highest BCUT2D eigenvalue weighted by atomic mass is 15.0. The first-order valence-electron chi connectivity index (χ1n) is 40.4. The summed E-state index contributed by atoms with van der Waals surface area (Å²) in [6.45, 7) is 9.46. The van der Waals surface area contributed by atoms with Crippen molar-refractivity contribution in [3.63, 3.8) is 0 Å². The van der Waals surface area contributed by atoms with Gasteiger partial charge in [0.05, 0.1) is 55.5 Å². The van der Waals surface area contributed by atoms with Gasteiger partial charge in [-0.1, -0.05) is 270 Å². The van der Waals surface area contributed by atoms with Crippen molar-refractivity contribution in [3.05, 3.63) is 386 Å². The normalized spacial score (nSPS) is 13.5. The molecule has 0 spiro atoms. The number of hydrogen-bond donors (Lipinski definition) is 0. The van der Waals surface area contributed by atoms with E-state index in [0.717, 1.165) is 83.8 Å². The molecule has 0 saturated heterocycles. The van der Waals surface area contributed by atoms with Crippen LogP contribution in [0.3, 0.4) is 0 Å². The molecule has 0 fully saturated rings. The molecule has 0 atom stereocenters. The van der Waals surface area contributed by atoms with Crippen LogP contribution in [0.5, 0.6) is 0 Å². The Morgan fingerprint density at radius 3 is 1.01 bits per heavy atom. The number of para-hydroxylation sites is 4. The topological polar surface area (TPSA) is 45.5 Å². The van der Waals surface area contributed by atoms with Gasteiger partial charge in [-0.15, -0.1) is 0 Å². The summed E-state index contributed by atoms with van der Waals surface area (Å²) in [4.78, 5) is 11.2. The van der Waals surface area contributed by atoms with Crippen molar-refractivity contribution in [3.8, 4) is 123 Å². The molecule has 6 heteroatoms. The summed E-state index contributed by atoms with van der Waals surface area (Å²) in [7, 11) is 0. The average Bonchev–Trinajstić information content (AvgIpc) is 1.56. The number of fused-ring (bicyclic) bond motifs is 21. The van der Waals surface area contributed by atoms with Gasteiger partial charge in [0, 0.05) is 98.9 Å². The van der Waals surface area contributed by atoms with Gasteiger partial charge in [0.2, 0.25) is 0 Å². The van der Waals surface area contributed by atoms with E-state index in [1.807, 2.05) is 0 Å². The zero-order valence-electron chi connectivity index (χ0n) is 64.3. The van der Waals surface area contributed by atoms with E-state index in [2.05, 4.69) is 410 Å². The zero-order chi connectivity index (χ0) is 76.6. The number of rotatable bonds is 9. The van der Waals surface area contributed by atoms with E-state index in [4.69, 9.17) is 9.97 Å². The van der Waals surface area contributed by atoms with Gasteiger partial charge in [0.25, 0.3) is 0 Å². The summed E-state index contributed by atoms with van der Waals surface area (Å²) in [5, 5.41) is 12.1. The lowest BCUT2D eigenvalue weighted by Crippen LogP contribution is -2.15. The first-order valence-corrected chi connectivity index (χ1v) is 40.4. The number of benzene rings is 17. The van der Waals surface area contributed by atoms with Gasteiger partial charge in [-0.3, -0.25) is 0 Å². The first kappa shape index (κ1) is 64.9. The third-order valence-electron chi connectivity index (χ3n) is 26.3. The fraction of sp³-hybridized carbons (Fsp3) is 0.0545. The minimum Gasteiger partial charge on any atom is -0.309 e. The van der Waals surface area contributed by atoms with Crippen LogP contribution in [0, 0.1) is 0 Å². The highest BCUT2D eigenvalue weighted by Crippen LogP contribution is 2.55. The van der Waals surface area contributed by atoms with Crippen LogP contribution in [0.25, 0.3) is 221 Å². The first-order chi connectivity index (χ1) is 57.0. The summed E-state index contributed by atoms with van der Waals surface area (Å²) >= 11 is 0. The Bertz CT molecular complexity index is 8090. The fourth-order valence-corrected chi connectivity index (χ4v) is 20.9. The van der Waals surface area contributed by atoms with Gasteiger partial charge >= 0.3 is 0 Å². The Labute approximate surface area is 670 Å². The van der Waals surface area contributed by atoms with Crippen LogP contribution >= 0.6 is 0 Å². The highest BCUT2D eigenvalue weighted by Gasteiger charge is 2.38. The standard InChI is InChI=1S/C110H72N6/c1-109(2)92-37-14-8-29-77(92)79-49-47-74(63-94(79)109)115-98-41-18-12-33-83(98)90-61-68(45-55-102(90)115)66-43-53-100-88(59-66)81-31-10-16-39-96(81)113(100)72-27-20-25-70(57-72)76-51-52-86-104-85(76)35-22-36-87(104)107-105(86)106(111-108(112-107)65-23-6-5-7-24-65)71-26-21-28-73(58-71)114-97-40-17-11-32-82(97)89-60-67(44-54-101(89)114)69-46-56-103-91(62-69)84-34-13-19-42-99(84)116(103)75-48-50-80-78-30-9-15-38-93(78)110(3,4)95(80)64-75/h5-64H,1-4H3. The summed E-state index contributed by atoms with van der Waals surface area (Å²) < 4.78 is 9.82. The molecule has 0 amide bonds. The van der Waals surface area contributed by atoms with Crippen LogP contribution in [-0.2, 0) is 10.8 Å². The molecule has 116 heavy (non-hydrogen) atoms. The molecule has 0 unspecified atom stereocenters. The summed E-state index contributed by atoms with van der Waals surface area (Å²) in [6, 6.07) is 136. The van der Waals surface area contributed by atoms with Crippen LogP contribution in [0.15, 0.2) is 364 Å². The van der Waals surface area contributed by atoms with Crippen LogP contribution in [0.4, 0.5) is 0 Å². The van der Waals surface area contributed by atoms with Crippen LogP contribution < -0.4 is 0 Å². The molecule has 542 valence electrons. The number of hydrogen-bond acceptors (Lipinski definition) is 2. The molecular formula is C110H72N6. The van der Waals surface area contributed by atoms with Crippen molar-refractivity contribution in [1.29, 1.82) is 0 Å². The van der Waals surface area contributed by atoms with Gasteiger partial charge < -0.3 is 18.3 Å². The van der Waals surface area contributed by atoms with E-state index in [9.17, 15) is 0 Å². The summed E-state index contributed by atoms with van der Waals surface area (Å²) in [5.41, 5.74) is 38.7. The molecule has 5 heterocycles. The quantitative estimate of drug-likeness (QED) is 0.145. The minimum absolute atomic E-state index is 0.102. The molecule has 0 aliphatic heterocycles. The van der Waals surface area contributed by atoms with Gasteiger partial charge in [0.15, 0.2) is 5.82 Å². The van der Waals surface area contributed by atoms with Crippen molar-refractivity contribution in [1.82, 2.24) is 28.2 Å². The maximum Gasteiger partial charge on any atom is 0.160 e. The Hall–Kier alpha value is -14.7. The third-order valence-corrected chi connectivity index (χ3v) is 26.3. The van der Waals surface area contributed by atoms with Crippen molar-refractivity contribution >= 4 is 98.0 Å². The zero-order valence-corrected chi connectivity index (χ0v) is 64.3. The molecule has 0 bridgehead atoms. The molecule has 3 aliphatic carbocycles. The lowest BCUT2D eigenvalue weighted by molar-refractivity contribution is 0.660. The largest absolute Gasteiger partial charge is 0.309 e. The number of nitrogens with zero attached hydrogens (tertiary/aromatic N) is 6. The molecule has 3 aliphatic rings. The van der Waals surface area contributed by atoms with E-state index >= 15 is 0 Å². The Morgan fingerprint density at radius 2 is 0.534 bits per heavy atom. The second-order valence-corrected chi connectivity index (χ2v) is 33.1. The van der Waals surface area contributed by atoms with Crippen molar-refractivity contribution in [2.75, 3.05) is 0 Å². The fourth-order valence-electron chi connectivity index (χ4n) is 20.9. The summed E-state index contributed by atoms with van der Waals surface area (Å²) in [6.07, 6.45) is 0. The van der Waals surface area contributed by atoms with Gasteiger partial charge in [-0.2, -0.15) is 0 Å². The van der Waals surface area contributed by atoms with Gasteiger partial charge in [-0.25, -0.2) is 9.97 Å². The Morgan fingerprint density at radius 1 is 0.198 bits per heavy atom. The lowest BCUT2D eigenvalue weighted by Gasteiger charge is -2.22. The molecule has 25 rings (SSSR count). The van der Waals surface area contributed by atoms with Crippen LogP contribution in [-0.4, -0.2) is 28.2 Å². The molecule has 0 N–H and O–H groups in total. The van der Waals surface area contributed by atoms with Crippen molar-refractivity contribution in [2.24, 2.45) is 0 Å². The monoisotopic (exact) mass is 1480 g/mol. The van der Waals surface area contributed by atoms with E-state index in [1.54, 1.807) is 0 Å². The van der Waals surface area contributed by atoms with E-state index in [-0.39, 0.29) is 10.8 Å². The molecule has 0 radical (unpaired) electrons. The Kier molecular flexibility index (Phi) is 13.4. The molecule has 17 aromatic carbocycles.